The van der Waals surface area contributed by atoms with Crippen molar-refractivity contribution >= 4 is 16.8 Å². The highest BCUT2D eigenvalue weighted by Crippen LogP contribution is 2.29. The molecular formula is C13H17ClO3. The molecule has 0 saturated carbocycles. The first-order valence-electron chi connectivity index (χ1n) is 5.74. The van der Waals surface area contributed by atoms with Crippen LogP contribution in [-0.2, 0) is 11.2 Å². The van der Waals surface area contributed by atoms with Gasteiger partial charge in [-0.25, -0.2) is 0 Å². The smallest absolute Gasteiger partial charge is 0.221 e. The fourth-order valence-electron chi connectivity index (χ4n) is 1.49. The van der Waals surface area contributed by atoms with E-state index in [0.717, 1.165) is 11.3 Å². The van der Waals surface area contributed by atoms with E-state index in [0.29, 0.717) is 31.8 Å². The number of hydrogen-bond acceptors (Lipinski definition) is 3. The Labute approximate surface area is 107 Å². The van der Waals surface area contributed by atoms with Gasteiger partial charge < -0.3 is 9.47 Å². The summed E-state index contributed by atoms with van der Waals surface area (Å²) in [6.45, 7) is 5.03. The Kier molecular flexibility index (Phi) is 5.84. The van der Waals surface area contributed by atoms with Crippen molar-refractivity contribution < 1.29 is 14.3 Å². The van der Waals surface area contributed by atoms with Gasteiger partial charge in [0, 0.05) is 6.42 Å². The molecule has 0 aromatic heterocycles. The van der Waals surface area contributed by atoms with Crippen LogP contribution in [-0.4, -0.2) is 18.5 Å². The molecule has 0 heterocycles. The SMILES string of the molecule is CCOc1ccc(CCC(=O)Cl)cc1OCC. The third kappa shape index (κ3) is 4.65. The highest BCUT2D eigenvalue weighted by Gasteiger charge is 2.07. The second kappa shape index (κ2) is 7.17. The lowest BCUT2D eigenvalue weighted by Gasteiger charge is -2.12. The number of hydrogen-bond donors (Lipinski definition) is 0. The summed E-state index contributed by atoms with van der Waals surface area (Å²) in [4.78, 5) is 10.7. The van der Waals surface area contributed by atoms with E-state index in [4.69, 9.17) is 21.1 Å². The van der Waals surface area contributed by atoms with Crippen LogP contribution in [0.25, 0.3) is 0 Å². The van der Waals surface area contributed by atoms with Crippen LogP contribution in [0.2, 0.25) is 0 Å². The third-order valence-corrected chi connectivity index (χ3v) is 2.41. The molecule has 0 bridgehead atoms. The summed E-state index contributed by atoms with van der Waals surface area (Å²) >= 11 is 5.31. The van der Waals surface area contributed by atoms with Gasteiger partial charge in [-0.3, -0.25) is 4.79 Å². The molecule has 1 aromatic carbocycles. The van der Waals surface area contributed by atoms with Crippen molar-refractivity contribution in [3.05, 3.63) is 23.8 Å². The summed E-state index contributed by atoms with van der Waals surface area (Å²) in [7, 11) is 0. The van der Waals surface area contributed by atoms with Gasteiger partial charge in [-0.15, -0.1) is 0 Å². The number of halogens is 1. The Morgan fingerprint density at radius 3 is 2.41 bits per heavy atom. The largest absolute Gasteiger partial charge is 0.490 e. The minimum atomic E-state index is -0.322. The average Bonchev–Trinajstić information content (AvgIpc) is 2.30. The lowest BCUT2D eigenvalue weighted by atomic mass is 10.1. The first-order valence-corrected chi connectivity index (χ1v) is 6.12. The van der Waals surface area contributed by atoms with Crippen LogP contribution in [0.1, 0.15) is 25.8 Å². The molecule has 0 spiro atoms. The molecule has 94 valence electrons. The lowest BCUT2D eigenvalue weighted by Crippen LogP contribution is -2.00. The third-order valence-electron chi connectivity index (χ3n) is 2.22. The van der Waals surface area contributed by atoms with E-state index < -0.39 is 0 Å². The maximum Gasteiger partial charge on any atom is 0.221 e. The monoisotopic (exact) mass is 256 g/mol. The number of carbonyl (C=O) groups is 1. The van der Waals surface area contributed by atoms with Gasteiger partial charge in [-0.2, -0.15) is 0 Å². The predicted molar refractivity (Wildman–Crippen MR) is 68.0 cm³/mol. The Hall–Kier alpha value is -1.22. The maximum atomic E-state index is 10.7. The van der Waals surface area contributed by atoms with E-state index in [-0.39, 0.29) is 5.24 Å². The average molecular weight is 257 g/mol. The summed E-state index contributed by atoms with van der Waals surface area (Å²) in [6.07, 6.45) is 0.954. The van der Waals surface area contributed by atoms with Crippen molar-refractivity contribution in [1.29, 1.82) is 0 Å². The van der Waals surface area contributed by atoms with Gasteiger partial charge in [0.05, 0.1) is 13.2 Å². The summed E-state index contributed by atoms with van der Waals surface area (Å²) < 4.78 is 10.9. The zero-order valence-corrected chi connectivity index (χ0v) is 10.9. The van der Waals surface area contributed by atoms with Gasteiger partial charge in [-0.1, -0.05) is 6.07 Å². The summed E-state index contributed by atoms with van der Waals surface area (Å²) in [5.74, 6) is 1.45. The quantitative estimate of drug-likeness (QED) is 0.703. The first-order chi connectivity index (χ1) is 8.17. The van der Waals surface area contributed by atoms with Gasteiger partial charge in [0.15, 0.2) is 11.5 Å². The molecule has 0 N–H and O–H groups in total. The van der Waals surface area contributed by atoms with Gasteiger partial charge in [0.1, 0.15) is 0 Å². The summed E-state index contributed by atoms with van der Waals surface area (Å²) in [5.41, 5.74) is 1.02. The van der Waals surface area contributed by atoms with Crippen LogP contribution >= 0.6 is 11.6 Å². The zero-order valence-electron chi connectivity index (χ0n) is 10.2. The lowest BCUT2D eigenvalue weighted by molar-refractivity contribution is -0.111. The van der Waals surface area contributed by atoms with E-state index in [9.17, 15) is 4.79 Å². The Bertz CT molecular complexity index is 377. The second-order valence-corrected chi connectivity index (χ2v) is 3.92. The van der Waals surface area contributed by atoms with Crippen molar-refractivity contribution in [2.75, 3.05) is 13.2 Å². The van der Waals surface area contributed by atoms with E-state index in [1.54, 1.807) is 0 Å². The highest BCUT2D eigenvalue weighted by atomic mass is 35.5. The Morgan fingerprint density at radius 2 is 1.82 bits per heavy atom. The minimum Gasteiger partial charge on any atom is -0.490 e. The van der Waals surface area contributed by atoms with Gasteiger partial charge in [-0.05, 0) is 49.6 Å². The number of aryl methyl sites for hydroxylation is 1. The van der Waals surface area contributed by atoms with Crippen molar-refractivity contribution in [2.24, 2.45) is 0 Å². The van der Waals surface area contributed by atoms with Crippen LogP contribution in [0.5, 0.6) is 11.5 Å². The Morgan fingerprint density at radius 1 is 1.18 bits per heavy atom. The number of ether oxygens (including phenoxy) is 2. The number of carbonyl (C=O) groups excluding carboxylic acids is 1. The standard InChI is InChI=1S/C13H17ClO3/c1-3-16-11-7-5-10(6-8-13(14)15)9-12(11)17-4-2/h5,7,9H,3-4,6,8H2,1-2H3. The molecule has 17 heavy (non-hydrogen) atoms. The second-order valence-electron chi connectivity index (χ2n) is 3.50. The molecule has 4 heteroatoms. The molecule has 1 rings (SSSR count). The molecule has 0 radical (unpaired) electrons. The predicted octanol–water partition coefficient (Wildman–Crippen LogP) is 3.18. The normalized spacial score (nSPS) is 10.1. The molecule has 0 saturated heterocycles. The zero-order chi connectivity index (χ0) is 12.7. The maximum absolute atomic E-state index is 10.7. The van der Waals surface area contributed by atoms with E-state index >= 15 is 0 Å². The highest BCUT2D eigenvalue weighted by molar-refractivity contribution is 6.63. The first kappa shape index (κ1) is 13.8. The van der Waals surface area contributed by atoms with Crippen LogP contribution < -0.4 is 9.47 Å². The number of rotatable bonds is 7. The Balaban J connectivity index is 2.80. The van der Waals surface area contributed by atoms with Gasteiger partial charge in [0.2, 0.25) is 5.24 Å². The van der Waals surface area contributed by atoms with Crippen molar-refractivity contribution in [3.63, 3.8) is 0 Å². The minimum absolute atomic E-state index is 0.322. The molecule has 3 nitrogen and oxygen atoms in total. The van der Waals surface area contributed by atoms with E-state index in [1.807, 2.05) is 32.0 Å². The molecular weight excluding hydrogens is 240 g/mol. The topological polar surface area (TPSA) is 35.5 Å². The van der Waals surface area contributed by atoms with Crippen LogP contribution in [0.3, 0.4) is 0 Å². The van der Waals surface area contributed by atoms with Crippen molar-refractivity contribution in [1.82, 2.24) is 0 Å². The summed E-state index contributed by atoms with van der Waals surface area (Å²) in [6, 6.07) is 5.68. The van der Waals surface area contributed by atoms with Crippen LogP contribution in [0, 0.1) is 0 Å². The van der Waals surface area contributed by atoms with Crippen LogP contribution in [0.4, 0.5) is 0 Å². The van der Waals surface area contributed by atoms with E-state index in [2.05, 4.69) is 0 Å². The fourth-order valence-corrected chi connectivity index (χ4v) is 1.59. The summed E-state index contributed by atoms with van der Waals surface area (Å²) in [5, 5.41) is -0.322. The van der Waals surface area contributed by atoms with Gasteiger partial charge >= 0.3 is 0 Å². The van der Waals surface area contributed by atoms with Crippen molar-refractivity contribution in [2.45, 2.75) is 26.7 Å². The molecule has 0 amide bonds. The fraction of sp³-hybridized carbons (Fsp3) is 0.462. The van der Waals surface area contributed by atoms with E-state index in [1.165, 1.54) is 0 Å². The molecule has 0 atom stereocenters. The molecule has 1 aromatic rings. The van der Waals surface area contributed by atoms with Gasteiger partial charge in [0.25, 0.3) is 0 Å². The van der Waals surface area contributed by atoms with Crippen LogP contribution in [0.15, 0.2) is 18.2 Å². The van der Waals surface area contributed by atoms with Crippen molar-refractivity contribution in [3.8, 4) is 11.5 Å². The molecule has 0 aliphatic rings. The molecule has 0 aliphatic heterocycles. The molecule has 0 unspecified atom stereocenters. The number of benzene rings is 1. The molecule has 0 aliphatic carbocycles. The molecule has 0 fully saturated rings.